The molecular formula is C14H19Cl2FN4O. The van der Waals surface area contributed by atoms with Crippen LogP contribution in [0.25, 0.3) is 11.0 Å². The molecule has 1 aromatic carbocycles. The first-order valence-electron chi connectivity index (χ1n) is 6.80. The number of halogens is 3. The topological polar surface area (TPSA) is 69.8 Å². The van der Waals surface area contributed by atoms with Crippen molar-refractivity contribution in [2.75, 3.05) is 6.54 Å². The summed E-state index contributed by atoms with van der Waals surface area (Å²) in [7, 11) is 0. The maximum atomic E-state index is 13.5. The minimum absolute atomic E-state index is 0. The third-order valence-electron chi connectivity index (χ3n) is 3.69. The number of aromatic nitrogens is 2. The molecule has 3 rings (SSSR count). The van der Waals surface area contributed by atoms with Gasteiger partial charge in [0.15, 0.2) is 0 Å². The number of H-pyrrole nitrogens is 1. The number of imidazole rings is 1. The standard InChI is InChI=1S/C14H17FN4O.2ClH/c1-8-4-10(2-3-16-8)19-14(20)11-5-9(15)6-12-13(11)18-7-17-12;;/h5-8,10,16H,2-4H2,1H3,(H,17,18)(H,19,20);2*1H. The van der Waals surface area contributed by atoms with Crippen molar-refractivity contribution in [1.29, 1.82) is 0 Å². The van der Waals surface area contributed by atoms with Gasteiger partial charge in [-0.1, -0.05) is 0 Å². The molecule has 1 fully saturated rings. The van der Waals surface area contributed by atoms with Crippen molar-refractivity contribution in [2.45, 2.75) is 31.8 Å². The maximum Gasteiger partial charge on any atom is 0.253 e. The van der Waals surface area contributed by atoms with Crippen LogP contribution < -0.4 is 10.6 Å². The lowest BCUT2D eigenvalue weighted by molar-refractivity contribution is 0.0927. The van der Waals surface area contributed by atoms with E-state index in [0.717, 1.165) is 19.4 Å². The number of nitrogens with one attached hydrogen (secondary N) is 3. The highest BCUT2D eigenvalue weighted by molar-refractivity contribution is 6.04. The summed E-state index contributed by atoms with van der Waals surface area (Å²) in [5.74, 6) is -0.703. The zero-order valence-corrected chi connectivity index (χ0v) is 13.7. The second-order valence-corrected chi connectivity index (χ2v) is 5.30. The lowest BCUT2D eigenvalue weighted by atomic mass is 10.00. The smallest absolute Gasteiger partial charge is 0.253 e. The first-order chi connectivity index (χ1) is 9.63. The van der Waals surface area contributed by atoms with Gasteiger partial charge in [-0.3, -0.25) is 4.79 Å². The number of amides is 1. The summed E-state index contributed by atoms with van der Waals surface area (Å²) >= 11 is 0. The Morgan fingerprint density at radius 3 is 2.91 bits per heavy atom. The van der Waals surface area contributed by atoms with Gasteiger partial charge in [0.1, 0.15) is 11.3 Å². The predicted octanol–water partition coefficient (Wildman–Crippen LogP) is 2.42. The van der Waals surface area contributed by atoms with E-state index in [0.29, 0.717) is 17.1 Å². The third-order valence-corrected chi connectivity index (χ3v) is 3.69. The normalized spacial score (nSPS) is 20.8. The van der Waals surface area contributed by atoms with Gasteiger partial charge >= 0.3 is 0 Å². The lowest BCUT2D eigenvalue weighted by Gasteiger charge is -2.28. The van der Waals surface area contributed by atoms with E-state index in [1.165, 1.54) is 18.5 Å². The molecule has 2 atom stereocenters. The van der Waals surface area contributed by atoms with E-state index in [4.69, 9.17) is 0 Å². The predicted molar refractivity (Wildman–Crippen MR) is 88.5 cm³/mol. The van der Waals surface area contributed by atoms with Crippen LogP contribution in [0.2, 0.25) is 0 Å². The molecular weight excluding hydrogens is 330 g/mol. The molecule has 1 aromatic heterocycles. The second-order valence-electron chi connectivity index (χ2n) is 5.30. The van der Waals surface area contributed by atoms with Crippen molar-refractivity contribution >= 4 is 41.8 Å². The Morgan fingerprint density at radius 1 is 1.41 bits per heavy atom. The van der Waals surface area contributed by atoms with Gasteiger partial charge in [-0.15, -0.1) is 24.8 Å². The highest BCUT2D eigenvalue weighted by Gasteiger charge is 2.22. The number of aromatic amines is 1. The van der Waals surface area contributed by atoms with Crippen molar-refractivity contribution in [3.63, 3.8) is 0 Å². The summed E-state index contributed by atoms with van der Waals surface area (Å²) in [6.45, 7) is 2.97. The first kappa shape index (κ1) is 18.7. The molecule has 1 aliphatic rings. The highest BCUT2D eigenvalue weighted by Crippen LogP contribution is 2.18. The number of benzene rings is 1. The van der Waals surface area contributed by atoms with Gasteiger partial charge in [0, 0.05) is 12.1 Å². The fourth-order valence-electron chi connectivity index (χ4n) is 2.71. The molecule has 2 heterocycles. The molecule has 5 nitrogen and oxygen atoms in total. The van der Waals surface area contributed by atoms with E-state index >= 15 is 0 Å². The Labute approximate surface area is 140 Å². The summed E-state index contributed by atoms with van der Waals surface area (Å²) in [6.07, 6.45) is 3.23. The number of hydrogen-bond acceptors (Lipinski definition) is 3. The second kappa shape index (κ2) is 7.76. The van der Waals surface area contributed by atoms with Crippen LogP contribution >= 0.6 is 24.8 Å². The van der Waals surface area contributed by atoms with Crippen LogP contribution in [0.1, 0.15) is 30.1 Å². The number of carbonyl (C=O) groups is 1. The number of nitrogens with zero attached hydrogens (tertiary/aromatic N) is 1. The van der Waals surface area contributed by atoms with Gasteiger partial charge in [-0.2, -0.15) is 0 Å². The van der Waals surface area contributed by atoms with Gasteiger partial charge < -0.3 is 15.6 Å². The molecule has 3 N–H and O–H groups in total. The number of carbonyl (C=O) groups excluding carboxylic acids is 1. The van der Waals surface area contributed by atoms with E-state index in [1.54, 1.807) is 0 Å². The van der Waals surface area contributed by atoms with Crippen molar-refractivity contribution in [2.24, 2.45) is 0 Å². The SMILES string of the molecule is CC1CC(NC(=O)c2cc(F)cc3[nH]cnc23)CCN1.Cl.Cl. The number of hydrogen-bond donors (Lipinski definition) is 3. The molecule has 1 aliphatic heterocycles. The van der Waals surface area contributed by atoms with Gasteiger partial charge in [0.2, 0.25) is 0 Å². The maximum absolute atomic E-state index is 13.5. The minimum Gasteiger partial charge on any atom is -0.349 e. The van der Waals surface area contributed by atoms with E-state index in [2.05, 4.69) is 27.5 Å². The average Bonchev–Trinajstić information content (AvgIpc) is 2.85. The van der Waals surface area contributed by atoms with Crippen LogP contribution in [0.15, 0.2) is 18.5 Å². The number of rotatable bonds is 2. The molecule has 2 aromatic rings. The molecule has 2 unspecified atom stereocenters. The Kier molecular flexibility index (Phi) is 6.59. The Morgan fingerprint density at radius 2 is 2.18 bits per heavy atom. The van der Waals surface area contributed by atoms with E-state index in [-0.39, 0.29) is 42.3 Å². The van der Waals surface area contributed by atoms with Crippen LogP contribution in [-0.2, 0) is 0 Å². The highest BCUT2D eigenvalue weighted by atomic mass is 35.5. The van der Waals surface area contributed by atoms with E-state index < -0.39 is 5.82 Å². The van der Waals surface area contributed by atoms with Crippen LogP contribution in [0.5, 0.6) is 0 Å². The average molecular weight is 349 g/mol. The third kappa shape index (κ3) is 3.88. The van der Waals surface area contributed by atoms with E-state index in [9.17, 15) is 9.18 Å². The molecule has 1 amide bonds. The fourth-order valence-corrected chi connectivity index (χ4v) is 2.71. The van der Waals surface area contributed by atoms with Crippen molar-refractivity contribution in [3.05, 3.63) is 29.8 Å². The Balaban J connectivity index is 0.00000121. The Hall–Kier alpha value is -1.37. The van der Waals surface area contributed by atoms with Gasteiger partial charge in [-0.25, -0.2) is 9.37 Å². The molecule has 122 valence electrons. The molecule has 1 saturated heterocycles. The molecule has 0 spiro atoms. The van der Waals surface area contributed by atoms with Gasteiger partial charge in [0.25, 0.3) is 5.91 Å². The van der Waals surface area contributed by atoms with Crippen LogP contribution in [0.3, 0.4) is 0 Å². The van der Waals surface area contributed by atoms with Crippen molar-refractivity contribution in [3.8, 4) is 0 Å². The zero-order chi connectivity index (χ0) is 14.1. The summed E-state index contributed by atoms with van der Waals surface area (Å²) in [4.78, 5) is 19.3. The summed E-state index contributed by atoms with van der Waals surface area (Å²) in [5.41, 5.74) is 1.33. The molecule has 0 aliphatic carbocycles. The number of piperidine rings is 1. The van der Waals surface area contributed by atoms with Crippen LogP contribution in [-0.4, -0.2) is 34.5 Å². The van der Waals surface area contributed by atoms with Crippen LogP contribution in [0.4, 0.5) is 4.39 Å². The zero-order valence-electron chi connectivity index (χ0n) is 12.1. The summed E-state index contributed by atoms with van der Waals surface area (Å²) < 4.78 is 13.5. The van der Waals surface area contributed by atoms with Crippen molar-refractivity contribution in [1.82, 2.24) is 20.6 Å². The van der Waals surface area contributed by atoms with E-state index in [1.807, 2.05) is 0 Å². The van der Waals surface area contributed by atoms with Crippen LogP contribution in [0, 0.1) is 5.82 Å². The van der Waals surface area contributed by atoms with Crippen molar-refractivity contribution < 1.29 is 9.18 Å². The largest absolute Gasteiger partial charge is 0.349 e. The lowest BCUT2D eigenvalue weighted by Crippen LogP contribution is -2.46. The summed E-state index contributed by atoms with van der Waals surface area (Å²) in [6, 6.07) is 3.08. The quantitative estimate of drug-likeness (QED) is 0.780. The molecule has 8 heteroatoms. The summed E-state index contributed by atoms with van der Waals surface area (Å²) in [5, 5.41) is 6.31. The molecule has 0 saturated carbocycles. The fraction of sp³-hybridized carbons (Fsp3) is 0.429. The molecule has 0 radical (unpaired) electrons. The Bertz CT molecular complexity index is 649. The minimum atomic E-state index is -0.439. The number of fused-ring (bicyclic) bond motifs is 1. The van der Waals surface area contributed by atoms with Gasteiger partial charge in [0.05, 0.1) is 17.4 Å². The molecule has 0 bridgehead atoms. The first-order valence-corrected chi connectivity index (χ1v) is 6.80. The van der Waals surface area contributed by atoms with Gasteiger partial charge in [-0.05, 0) is 38.4 Å². The molecule has 22 heavy (non-hydrogen) atoms. The monoisotopic (exact) mass is 348 g/mol.